The predicted octanol–water partition coefficient (Wildman–Crippen LogP) is 5.37. The fraction of sp³-hybridized carbons (Fsp3) is 0.414. The summed E-state index contributed by atoms with van der Waals surface area (Å²) in [4.78, 5) is 15.5. The van der Waals surface area contributed by atoms with Crippen LogP contribution in [0.1, 0.15) is 57.0 Å². The zero-order valence-corrected chi connectivity index (χ0v) is 21.6. The number of benzene rings is 2. The lowest BCUT2D eigenvalue weighted by Gasteiger charge is -2.36. The molecule has 2 heterocycles. The molecule has 1 saturated heterocycles. The van der Waals surface area contributed by atoms with E-state index in [2.05, 4.69) is 68.3 Å². The molecule has 4 rings (SSSR count). The van der Waals surface area contributed by atoms with Gasteiger partial charge in [-0.2, -0.15) is 0 Å². The topological polar surface area (TPSA) is 91.3 Å². The summed E-state index contributed by atoms with van der Waals surface area (Å²) in [6, 6.07) is 11.8. The average Bonchev–Trinajstić information content (AvgIpc) is 2.83. The van der Waals surface area contributed by atoms with E-state index in [-0.39, 0.29) is 6.42 Å². The summed E-state index contributed by atoms with van der Waals surface area (Å²) < 4.78 is 11.3. The van der Waals surface area contributed by atoms with E-state index in [1.54, 1.807) is 13.0 Å². The van der Waals surface area contributed by atoms with Gasteiger partial charge in [-0.1, -0.05) is 41.5 Å². The molecule has 1 fully saturated rings. The van der Waals surface area contributed by atoms with E-state index in [0.717, 1.165) is 29.0 Å². The Kier molecular flexibility index (Phi) is 7.83. The molecule has 0 radical (unpaired) electrons. The molecule has 0 saturated carbocycles. The van der Waals surface area contributed by atoms with Crippen LogP contribution in [0.4, 0.5) is 22.7 Å². The van der Waals surface area contributed by atoms with Crippen molar-refractivity contribution < 1.29 is 24.5 Å². The van der Waals surface area contributed by atoms with Crippen LogP contribution in [0.2, 0.25) is 0 Å². The maximum atomic E-state index is 13.3. The fourth-order valence-electron chi connectivity index (χ4n) is 4.52. The van der Waals surface area contributed by atoms with Crippen molar-refractivity contribution in [3.63, 3.8) is 0 Å². The molecule has 36 heavy (non-hydrogen) atoms. The summed E-state index contributed by atoms with van der Waals surface area (Å²) in [5.74, 6) is -0.549. The second-order valence-corrected chi connectivity index (χ2v) is 9.98. The SMILES string of the molecule is CC(C)=CCc1cccc2c1Nc1c(C(=O)OC3CC(O)C(O)C(C)O3)cccc1N2CC=C(C)C. The van der Waals surface area contributed by atoms with Crippen molar-refractivity contribution in [1.29, 1.82) is 0 Å². The smallest absolute Gasteiger partial charge is 0.342 e. The zero-order valence-electron chi connectivity index (χ0n) is 21.6. The highest BCUT2D eigenvalue weighted by Gasteiger charge is 2.37. The summed E-state index contributed by atoms with van der Waals surface area (Å²) in [6.07, 6.45) is 1.54. The number of hydrogen-bond acceptors (Lipinski definition) is 7. The monoisotopic (exact) mass is 492 g/mol. The zero-order chi connectivity index (χ0) is 26.0. The number of aliphatic hydroxyl groups excluding tert-OH is 2. The molecule has 0 bridgehead atoms. The number of esters is 1. The van der Waals surface area contributed by atoms with Gasteiger partial charge < -0.3 is 29.9 Å². The Bertz CT molecular complexity index is 1170. The maximum absolute atomic E-state index is 13.3. The van der Waals surface area contributed by atoms with Gasteiger partial charge >= 0.3 is 5.97 Å². The maximum Gasteiger partial charge on any atom is 0.342 e. The first-order chi connectivity index (χ1) is 17.2. The van der Waals surface area contributed by atoms with E-state index < -0.39 is 30.6 Å². The molecule has 2 aliphatic heterocycles. The van der Waals surface area contributed by atoms with E-state index in [1.807, 2.05) is 12.1 Å². The lowest BCUT2D eigenvalue weighted by atomic mass is 10.00. The molecule has 0 aliphatic carbocycles. The van der Waals surface area contributed by atoms with Crippen LogP contribution < -0.4 is 10.2 Å². The number of aliphatic hydroxyl groups is 2. The number of rotatable bonds is 6. The lowest BCUT2D eigenvalue weighted by Crippen LogP contribution is -2.48. The van der Waals surface area contributed by atoms with E-state index in [1.165, 1.54) is 11.1 Å². The third kappa shape index (κ3) is 5.48. The molecule has 7 nitrogen and oxygen atoms in total. The molecule has 192 valence electrons. The Hall–Kier alpha value is -3.13. The van der Waals surface area contributed by atoms with Crippen molar-refractivity contribution in [3.8, 4) is 0 Å². The van der Waals surface area contributed by atoms with Gasteiger partial charge in [0.15, 0.2) is 0 Å². The Balaban J connectivity index is 1.71. The standard InChI is InChI=1S/C29H36N2O5/c1-17(2)12-13-20-8-6-10-22-26(20)30-27-21(9-7-11-23(27)31(22)15-14-18(3)4)29(34)36-25-16-24(32)28(33)19(5)35-25/h6-12,14,19,24-25,28,30,32-33H,13,15-16H2,1-5H3. The Morgan fingerprint density at radius 1 is 1.06 bits per heavy atom. The van der Waals surface area contributed by atoms with Crippen molar-refractivity contribution in [2.45, 2.75) is 72.1 Å². The van der Waals surface area contributed by atoms with Crippen molar-refractivity contribution in [1.82, 2.24) is 0 Å². The summed E-state index contributed by atoms with van der Waals surface area (Å²) in [7, 11) is 0. The Morgan fingerprint density at radius 3 is 2.39 bits per heavy atom. The van der Waals surface area contributed by atoms with Crippen molar-refractivity contribution in [2.75, 3.05) is 16.8 Å². The van der Waals surface area contributed by atoms with Gasteiger partial charge in [0.25, 0.3) is 0 Å². The number of fused-ring (bicyclic) bond motifs is 2. The first kappa shape index (κ1) is 25.9. The summed E-state index contributed by atoms with van der Waals surface area (Å²) in [5.41, 5.74) is 7.52. The number of carbonyl (C=O) groups excluding carboxylic acids is 1. The molecular formula is C29H36N2O5. The minimum absolute atomic E-state index is 0.0160. The molecule has 0 aromatic heterocycles. The predicted molar refractivity (Wildman–Crippen MR) is 142 cm³/mol. The van der Waals surface area contributed by atoms with Gasteiger partial charge in [-0.25, -0.2) is 4.79 Å². The molecule has 0 amide bonds. The van der Waals surface area contributed by atoms with Gasteiger partial charge in [0.1, 0.15) is 6.10 Å². The molecule has 4 atom stereocenters. The van der Waals surface area contributed by atoms with Crippen LogP contribution in [-0.2, 0) is 15.9 Å². The molecule has 2 aromatic carbocycles. The van der Waals surface area contributed by atoms with Crippen LogP contribution in [0.15, 0.2) is 59.7 Å². The number of carbonyl (C=O) groups is 1. The van der Waals surface area contributed by atoms with Gasteiger partial charge in [0.2, 0.25) is 6.29 Å². The summed E-state index contributed by atoms with van der Waals surface area (Å²) in [6.45, 7) is 10.6. The normalized spacial score (nSPS) is 22.6. The molecule has 2 aliphatic rings. The van der Waals surface area contributed by atoms with Crippen LogP contribution in [0.25, 0.3) is 0 Å². The number of nitrogens with zero attached hydrogens (tertiary/aromatic N) is 1. The largest absolute Gasteiger partial charge is 0.432 e. The third-order valence-electron chi connectivity index (χ3n) is 6.55. The molecule has 3 N–H and O–H groups in total. The van der Waals surface area contributed by atoms with Crippen LogP contribution in [-0.4, -0.2) is 47.3 Å². The molecule has 0 spiro atoms. The van der Waals surface area contributed by atoms with Gasteiger partial charge in [-0.05, 0) is 64.8 Å². The van der Waals surface area contributed by atoms with Crippen molar-refractivity contribution >= 4 is 28.7 Å². The number of anilines is 4. The fourth-order valence-corrected chi connectivity index (χ4v) is 4.52. The summed E-state index contributed by atoms with van der Waals surface area (Å²) in [5, 5.41) is 23.6. The van der Waals surface area contributed by atoms with Crippen LogP contribution in [0.5, 0.6) is 0 Å². The number of allylic oxidation sites excluding steroid dienone is 3. The highest BCUT2D eigenvalue weighted by atomic mass is 16.7. The highest BCUT2D eigenvalue weighted by molar-refractivity contribution is 6.05. The quantitative estimate of drug-likeness (QED) is 0.369. The average molecular weight is 493 g/mol. The number of nitrogens with one attached hydrogen (secondary N) is 1. The molecule has 2 aromatic rings. The second kappa shape index (κ2) is 10.9. The van der Waals surface area contributed by atoms with Gasteiger partial charge in [-0.3, -0.25) is 0 Å². The van der Waals surface area contributed by atoms with Crippen LogP contribution >= 0.6 is 0 Å². The number of hydrogen-bond donors (Lipinski definition) is 3. The van der Waals surface area contributed by atoms with Crippen molar-refractivity contribution in [3.05, 3.63) is 70.8 Å². The van der Waals surface area contributed by atoms with Gasteiger partial charge in [0, 0.05) is 13.0 Å². The van der Waals surface area contributed by atoms with E-state index in [4.69, 9.17) is 9.47 Å². The minimum Gasteiger partial charge on any atom is -0.432 e. The van der Waals surface area contributed by atoms with Gasteiger partial charge in [0.05, 0.1) is 40.5 Å². The van der Waals surface area contributed by atoms with E-state index in [9.17, 15) is 15.0 Å². The highest BCUT2D eigenvalue weighted by Crippen LogP contribution is 2.47. The Morgan fingerprint density at radius 2 is 1.72 bits per heavy atom. The van der Waals surface area contributed by atoms with Crippen LogP contribution in [0, 0.1) is 0 Å². The molecule has 4 unspecified atom stereocenters. The third-order valence-corrected chi connectivity index (χ3v) is 6.55. The number of para-hydroxylation sites is 2. The van der Waals surface area contributed by atoms with Crippen LogP contribution in [0.3, 0.4) is 0 Å². The minimum atomic E-state index is -1.02. The van der Waals surface area contributed by atoms with E-state index in [0.29, 0.717) is 17.8 Å². The summed E-state index contributed by atoms with van der Waals surface area (Å²) >= 11 is 0. The van der Waals surface area contributed by atoms with Gasteiger partial charge in [-0.15, -0.1) is 0 Å². The number of ether oxygens (including phenoxy) is 2. The molecule has 7 heteroatoms. The Labute approximate surface area is 213 Å². The first-order valence-electron chi connectivity index (χ1n) is 12.4. The van der Waals surface area contributed by atoms with E-state index >= 15 is 0 Å². The lowest BCUT2D eigenvalue weighted by molar-refractivity contribution is -0.226. The first-order valence-corrected chi connectivity index (χ1v) is 12.4. The molecular weight excluding hydrogens is 456 g/mol. The second-order valence-electron chi connectivity index (χ2n) is 9.98. The van der Waals surface area contributed by atoms with Crippen molar-refractivity contribution in [2.24, 2.45) is 0 Å².